The molecule has 0 spiro atoms. The zero-order valence-corrected chi connectivity index (χ0v) is 9.14. The molecule has 2 rings (SSSR count). The van der Waals surface area contributed by atoms with Gasteiger partial charge in [-0.25, -0.2) is 4.79 Å². The quantitative estimate of drug-likeness (QED) is 0.849. The second-order valence-electron chi connectivity index (χ2n) is 3.43. The minimum Gasteiger partial charge on any atom is -0.309 e. The average Bonchev–Trinajstić information content (AvgIpc) is 2.19. The molecule has 1 N–H and O–H groups in total. The number of nitrogens with zero attached hydrogens (tertiary/aromatic N) is 1. The lowest BCUT2D eigenvalue weighted by molar-refractivity contribution is 0.874. The lowest BCUT2D eigenvalue weighted by atomic mass is 10.1. The lowest BCUT2D eigenvalue weighted by Crippen LogP contribution is -2.13. The molecule has 1 aromatic carbocycles. The Morgan fingerprint density at radius 3 is 3.00 bits per heavy atom. The Labute approximate surface area is 92.1 Å². The van der Waals surface area contributed by atoms with Gasteiger partial charge in [0.2, 0.25) is 0 Å². The monoisotopic (exact) mass is 222 g/mol. The van der Waals surface area contributed by atoms with E-state index in [1.54, 1.807) is 12.1 Å². The average molecular weight is 223 g/mol. The van der Waals surface area contributed by atoms with Crippen molar-refractivity contribution < 1.29 is 0 Å². The van der Waals surface area contributed by atoms with Crippen LogP contribution in [0.4, 0.5) is 0 Å². The molecule has 0 saturated carbocycles. The van der Waals surface area contributed by atoms with Gasteiger partial charge >= 0.3 is 5.69 Å². The van der Waals surface area contributed by atoms with Crippen LogP contribution in [0.5, 0.6) is 0 Å². The Hall–Kier alpha value is -1.35. The molecule has 0 saturated heterocycles. The summed E-state index contributed by atoms with van der Waals surface area (Å²) in [4.78, 5) is 17.9. The first-order chi connectivity index (χ1) is 7.20. The van der Waals surface area contributed by atoms with Crippen LogP contribution in [0, 0.1) is 0 Å². The van der Waals surface area contributed by atoms with Crippen LogP contribution in [0.25, 0.3) is 10.9 Å². The summed E-state index contributed by atoms with van der Waals surface area (Å²) in [5, 5.41) is 1.60. The van der Waals surface area contributed by atoms with Gasteiger partial charge in [-0.15, -0.1) is 0 Å². The standard InChI is InChI=1S/C11H11ClN2O/c1-2-3-9-8-6-7(12)4-5-10(8)14-11(15)13-9/h4-6H,2-3H2,1H3,(H,13,14,15). The van der Waals surface area contributed by atoms with E-state index in [4.69, 9.17) is 11.6 Å². The number of hydrogen-bond acceptors (Lipinski definition) is 2. The van der Waals surface area contributed by atoms with E-state index in [1.807, 2.05) is 6.07 Å². The van der Waals surface area contributed by atoms with E-state index >= 15 is 0 Å². The highest BCUT2D eigenvalue weighted by Gasteiger charge is 2.04. The third-order valence-corrected chi connectivity index (χ3v) is 2.50. The topological polar surface area (TPSA) is 45.8 Å². The van der Waals surface area contributed by atoms with Crippen molar-refractivity contribution in [3.63, 3.8) is 0 Å². The van der Waals surface area contributed by atoms with E-state index in [0.717, 1.165) is 23.9 Å². The van der Waals surface area contributed by atoms with Crippen LogP contribution in [0.3, 0.4) is 0 Å². The number of nitrogens with one attached hydrogen (secondary N) is 1. The molecule has 4 heteroatoms. The Bertz CT molecular complexity index is 548. The highest BCUT2D eigenvalue weighted by atomic mass is 35.5. The zero-order chi connectivity index (χ0) is 10.8. The van der Waals surface area contributed by atoms with Crippen molar-refractivity contribution in [1.29, 1.82) is 0 Å². The number of hydrogen-bond donors (Lipinski definition) is 1. The molecule has 0 atom stereocenters. The van der Waals surface area contributed by atoms with Crippen molar-refractivity contribution in [2.75, 3.05) is 0 Å². The Morgan fingerprint density at radius 1 is 1.47 bits per heavy atom. The van der Waals surface area contributed by atoms with Crippen molar-refractivity contribution in [2.24, 2.45) is 0 Å². The maximum atomic E-state index is 11.3. The van der Waals surface area contributed by atoms with Crippen molar-refractivity contribution in [3.8, 4) is 0 Å². The molecular formula is C11H11ClN2O. The summed E-state index contributed by atoms with van der Waals surface area (Å²) in [6, 6.07) is 5.35. The molecule has 1 aromatic heterocycles. The van der Waals surface area contributed by atoms with Gasteiger partial charge in [0.1, 0.15) is 0 Å². The molecule has 78 valence electrons. The smallest absolute Gasteiger partial charge is 0.309 e. The fraction of sp³-hybridized carbons (Fsp3) is 0.273. The van der Waals surface area contributed by atoms with E-state index in [2.05, 4.69) is 16.9 Å². The molecule has 3 nitrogen and oxygen atoms in total. The third kappa shape index (κ3) is 2.02. The minimum atomic E-state index is -0.298. The summed E-state index contributed by atoms with van der Waals surface area (Å²) in [6.07, 6.45) is 1.80. The SMILES string of the molecule is CCCc1[nH]c(=O)nc2ccc(Cl)cc12. The van der Waals surface area contributed by atoms with Crippen LogP contribution in [-0.4, -0.2) is 9.97 Å². The molecule has 0 amide bonds. The van der Waals surface area contributed by atoms with Crippen LogP contribution in [0.2, 0.25) is 5.02 Å². The second-order valence-corrected chi connectivity index (χ2v) is 3.87. The van der Waals surface area contributed by atoms with Gasteiger partial charge in [-0.1, -0.05) is 24.9 Å². The van der Waals surface area contributed by atoms with Crippen molar-refractivity contribution in [1.82, 2.24) is 9.97 Å². The summed E-state index contributed by atoms with van der Waals surface area (Å²) in [6.45, 7) is 2.06. The molecule has 0 aliphatic carbocycles. The largest absolute Gasteiger partial charge is 0.345 e. The van der Waals surface area contributed by atoms with Crippen LogP contribution in [-0.2, 0) is 6.42 Å². The number of aromatic nitrogens is 2. The molecule has 0 unspecified atom stereocenters. The maximum absolute atomic E-state index is 11.3. The molecule has 1 heterocycles. The maximum Gasteiger partial charge on any atom is 0.345 e. The first-order valence-electron chi connectivity index (χ1n) is 4.89. The van der Waals surface area contributed by atoms with Gasteiger partial charge in [-0.2, -0.15) is 4.98 Å². The molecule has 0 aliphatic rings. The molecule has 0 fully saturated rings. The fourth-order valence-electron chi connectivity index (χ4n) is 1.63. The van der Waals surface area contributed by atoms with Gasteiger partial charge in [0, 0.05) is 16.1 Å². The summed E-state index contributed by atoms with van der Waals surface area (Å²) in [7, 11) is 0. The highest BCUT2D eigenvalue weighted by Crippen LogP contribution is 2.19. The minimum absolute atomic E-state index is 0.298. The van der Waals surface area contributed by atoms with E-state index in [-0.39, 0.29) is 5.69 Å². The number of H-pyrrole nitrogens is 1. The Kier molecular flexibility index (Phi) is 2.73. The van der Waals surface area contributed by atoms with Crippen LogP contribution < -0.4 is 5.69 Å². The molecule has 0 aliphatic heterocycles. The molecule has 2 aromatic rings. The van der Waals surface area contributed by atoms with E-state index in [9.17, 15) is 4.79 Å². The third-order valence-electron chi connectivity index (χ3n) is 2.26. The summed E-state index contributed by atoms with van der Waals surface area (Å²) in [5.74, 6) is 0. The fourth-order valence-corrected chi connectivity index (χ4v) is 1.80. The Morgan fingerprint density at radius 2 is 2.27 bits per heavy atom. The van der Waals surface area contributed by atoms with Crippen LogP contribution >= 0.6 is 11.6 Å². The van der Waals surface area contributed by atoms with Crippen LogP contribution in [0.15, 0.2) is 23.0 Å². The highest BCUT2D eigenvalue weighted by molar-refractivity contribution is 6.31. The van der Waals surface area contributed by atoms with Gasteiger partial charge in [0.05, 0.1) is 5.52 Å². The van der Waals surface area contributed by atoms with E-state index in [1.165, 1.54) is 0 Å². The number of fused-ring (bicyclic) bond motifs is 1. The van der Waals surface area contributed by atoms with E-state index in [0.29, 0.717) is 10.5 Å². The van der Waals surface area contributed by atoms with Gasteiger partial charge < -0.3 is 4.98 Å². The summed E-state index contributed by atoms with van der Waals surface area (Å²) < 4.78 is 0. The van der Waals surface area contributed by atoms with Gasteiger partial charge in [0.15, 0.2) is 0 Å². The number of aryl methyl sites for hydroxylation is 1. The van der Waals surface area contributed by atoms with E-state index < -0.39 is 0 Å². The lowest BCUT2D eigenvalue weighted by Gasteiger charge is -2.04. The number of rotatable bonds is 2. The number of halogens is 1. The number of aromatic amines is 1. The normalized spacial score (nSPS) is 10.8. The molecular weight excluding hydrogens is 212 g/mol. The summed E-state index contributed by atoms with van der Waals surface area (Å²) in [5.41, 5.74) is 1.31. The first kappa shape index (κ1) is 10.2. The van der Waals surface area contributed by atoms with Crippen molar-refractivity contribution in [3.05, 3.63) is 39.4 Å². The van der Waals surface area contributed by atoms with Gasteiger partial charge in [0.25, 0.3) is 0 Å². The van der Waals surface area contributed by atoms with Gasteiger partial charge in [-0.05, 0) is 24.6 Å². The van der Waals surface area contributed by atoms with Gasteiger partial charge in [-0.3, -0.25) is 0 Å². The Balaban J connectivity index is 2.75. The predicted octanol–water partition coefficient (Wildman–Crippen LogP) is 2.53. The molecule has 0 bridgehead atoms. The first-order valence-corrected chi connectivity index (χ1v) is 5.27. The zero-order valence-electron chi connectivity index (χ0n) is 8.38. The second kappa shape index (κ2) is 4.03. The van der Waals surface area contributed by atoms with Crippen LogP contribution in [0.1, 0.15) is 19.0 Å². The summed E-state index contributed by atoms with van der Waals surface area (Å²) >= 11 is 5.91. The predicted molar refractivity (Wildman–Crippen MR) is 61.4 cm³/mol. The van der Waals surface area contributed by atoms with Crippen molar-refractivity contribution in [2.45, 2.75) is 19.8 Å². The van der Waals surface area contributed by atoms with Crippen molar-refractivity contribution >= 4 is 22.5 Å². The molecule has 0 radical (unpaired) electrons. The number of benzene rings is 1. The molecule has 15 heavy (non-hydrogen) atoms.